The fourth-order valence-electron chi connectivity index (χ4n) is 3.78. The summed E-state index contributed by atoms with van der Waals surface area (Å²) in [6, 6.07) is 9.09. The monoisotopic (exact) mass is 515 g/mol. The molecule has 0 bridgehead atoms. The van der Waals surface area contributed by atoms with Crippen LogP contribution < -0.4 is 9.47 Å². The van der Waals surface area contributed by atoms with E-state index in [1.54, 1.807) is 37.5 Å². The summed E-state index contributed by atoms with van der Waals surface area (Å²) < 4.78 is 42.4. The van der Waals surface area contributed by atoms with E-state index in [0.29, 0.717) is 22.6 Å². The minimum absolute atomic E-state index is 0.0504. The van der Waals surface area contributed by atoms with Gasteiger partial charge in [0.15, 0.2) is 23.0 Å². The molecule has 11 heteroatoms. The number of benzene rings is 2. The smallest absolute Gasteiger partial charge is 0.290 e. The standard InChI is InChI=1S/C25H29N3O7S/c1-4-33-36(31,32)12-10-17-5-8-22-23(13-17)35-25(34-22)24(18-6-7-20(29)21(30)14-18)28-15-19(26-16-28)9-11-27(2)3/h5-8,10,12-16,24-25,29-30H,4,9,11H2,1-3H3/b12-10+. The molecule has 0 fully saturated rings. The third-order valence-electron chi connectivity index (χ3n) is 5.55. The van der Waals surface area contributed by atoms with E-state index in [1.807, 2.05) is 24.9 Å². The number of likely N-dealkylation sites (N-methyl/N-ethyl adjacent to an activating group) is 1. The average Bonchev–Trinajstić information content (AvgIpc) is 3.46. The summed E-state index contributed by atoms with van der Waals surface area (Å²) in [5, 5.41) is 20.9. The molecule has 2 atom stereocenters. The Labute approximate surface area is 210 Å². The predicted octanol–water partition coefficient (Wildman–Crippen LogP) is 3.12. The van der Waals surface area contributed by atoms with Crippen molar-refractivity contribution in [2.75, 3.05) is 27.2 Å². The van der Waals surface area contributed by atoms with E-state index in [4.69, 9.17) is 13.7 Å². The largest absolute Gasteiger partial charge is 0.504 e. The van der Waals surface area contributed by atoms with E-state index < -0.39 is 22.4 Å². The molecule has 1 aliphatic rings. The highest BCUT2D eigenvalue weighted by Gasteiger charge is 2.35. The molecule has 4 rings (SSSR count). The lowest BCUT2D eigenvalue weighted by atomic mass is 10.1. The number of ether oxygens (including phenoxy) is 2. The number of rotatable bonds is 10. The molecule has 0 spiro atoms. The number of fused-ring (bicyclic) bond motifs is 1. The minimum atomic E-state index is -3.77. The molecule has 0 saturated carbocycles. The molecule has 2 heterocycles. The molecule has 1 aromatic heterocycles. The summed E-state index contributed by atoms with van der Waals surface area (Å²) in [6.07, 6.45) is 4.94. The van der Waals surface area contributed by atoms with Crippen molar-refractivity contribution < 1.29 is 32.3 Å². The molecule has 0 aliphatic carbocycles. The van der Waals surface area contributed by atoms with E-state index in [-0.39, 0.29) is 18.1 Å². The van der Waals surface area contributed by atoms with Crippen molar-refractivity contribution in [2.24, 2.45) is 0 Å². The van der Waals surface area contributed by atoms with Crippen LogP contribution in [0.5, 0.6) is 23.0 Å². The van der Waals surface area contributed by atoms with Crippen molar-refractivity contribution in [1.82, 2.24) is 14.5 Å². The van der Waals surface area contributed by atoms with Crippen molar-refractivity contribution in [2.45, 2.75) is 25.7 Å². The molecular formula is C25H29N3O7S. The lowest BCUT2D eigenvalue weighted by Crippen LogP contribution is -2.31. The molecule has 1 aliphatic heterocycles. The number of hydrogen-bond acceptors (Lipinski definition) is 9. The van der Waals surface area contributed by atoms with E-state index in [9.17, 15) is 18.6 Å². The van der Waals surface area contributed by atoms with Crippen LogP contribution in [0.3, 0.4) is 0 Å². The Morgan fingerprint density at radius 1 is 1.14 bits per heavy atom. The zero-order valence-corrected chi connectivity index (χ0v) is 21.1. The highest BCUT2D eigenvalue weighted by atomic mass is 32.2. The molecule has 2 unspecified atom stereocenters. The lowest BCUT2D eigenvalue weighted by Gasteiger charge is -2.24. The highest BCUT2D eigenvalue weighted by molar-refractivity contribution is 7.89. The fourth-order valence-corrected chi connectivity index (χ4v) is 4.51. The third-order valence-corrected chi connectivity index (χ3v) is 6.59. The van der Waals surface area contributed by atoms with Gasteiger partial charge in [-0.15, -0.1) is 0 Å². The van der Waals surface area contributed by atoms with Crippen LogP contribution in [0.4, 0.5) is 0 Å². The Balaban J connectivity index is 1.62. The van der Waals surface area contributed by atoms with Gasteiger partial charge in [0.05, 0.1) is 24.0 Å². The van der Waals surface area contributed by atoms with Gasteiger partial charge in [-0.25, -0.2) is 4.98 Å². The van der Waals surface area contributed by atoms with Gasteiger partial charge in [-0.05, 0) is 62.5 Å². The van der Waals surface area contributed by atoms with Gasteiger partial charge in [0, 0.05) is 19.2 Å². The van der Waals surface area contributed by atoms with Gasteiger partial charge < -0.3 is 29.2 Å². The first-order valence-corrected chi connectivity index (χ1v) is 12.9. The van der Waals surface area contributed by atoms with Crippen molar-refractivity contribution >= 4 is 16.2 Å². The molecule has 192 valence electrons. The van der Waals surface area contributed by atoms with Crippen LogP contribution in [0.1, 0.15) is 29.8 Å². The number of phenolic OH excluding ortho intramolecular Hbond substituents is 2. The first-order chi connectivity index (χ1) is 17.1. The minimum Gasteiger partial charge on any atom is -0.504 e. The Kier molecular flexibility index (Phi) is 7.53. The number of hydrogen-bond donors (Lipinski definition) is 2. The molecule has 0 amide bonds. The van der Waals surface area contributed by atoms with Crippen LogP contribution in [-0.4, -0.2) is 66.6 Å². The quantitative estimate of drug-likeness (QED) is 0.310. The first kappa shape index (κ1) is 25.5. The summed E-state index contributed by atoms with van der Waals surface area (Å²) in [5.41, 5.74) is 2.12. The second-order valence-corrected chi connectivity index (χ2v) is 10.1. The number of phenols is 2. The van der Waals surface area contributed by atoms with Crippen LogP contribution in [-0.2, 0) is 20.7 Å². The summed E-state index contributed by atoms with van der Waals surface area (Å²) in [5.74, 6) is 0.441. The number of imidazole rings is 1. The summed E-state index contributed by atoms with van der Waals surface area (Å²) in [7, 11) is 0.219. The zero-order valence-electron chi connectivity index (χ0n) is 20.2. The van der Waals surface area contributed by atoms with Gasteiger partial charge in [-0.2, -0.15) is 8.42 Å². The van der Waals surface area contributed by atoms with Gasteiger partial charge in [0.1, 0.15) is 6.04 Å². The molecule has 36 heavy (non-hydrogen) atoms. The van der Waals surface area contributed by atoms with Crippen LogP contribution in [0.15, 0.2) is 54.3 Å². The highest BCUT2D eigenvalue weighted by Crippen LogP contribution is 2.41. The van der Waals surface area contributed by atoms with Gasteiger partial charge in [0.25, 0.3) is 16.4 Å². The maximum absolute atomic E-state index is 11.8. The Bertz CT molecular complexity index is 1350. The Morgan fingerprint density at radius 3 is 2.64 bits per heavy atom. The van der Waals surface area contributed by atoms with Crippen LogP contribution in [0.25, 0.3) is 6.08 Å². The van der Waals surface area contributed by atoms with Gasteiger partial charge >= 0.3 is 0 Å². The third kappa shape index (κ3) is 5.99. The second-order valence-electron chi connectivity index (χ2n) is 8.57. The maximum Gasteiger partial charge on any atom is 0.290 e. The average molecular weight is 516 g/mol. The fraction of sp³-hybridized carbons (Fsp3) is 0.320. The molecule has 3 aromatic rings. The van der Waals surface area contributed by atoms with E-state index in [0.717, 1.165) is 24.1 Å². The Morgan fingerprint density at radius 2 is 1.92 bits per heavy atom. The van der Waals surface area contributed by atoms with Crippen molar-refractivity contribution in [3.63, 3.8) is 0 Å². The van der Waals surface area contributed by atoms with E-state index in [2.05, 4.69) is 9.88 Å². The topological polar surface area (TPSA) is 123 Å². The van der Waals surface area contributed by atoms with Crippen molar-refractivity contribution in [1.29, 1.82) is 0 Å². The maximum atomic E-state index is 11.8. The summed E-state index contributed by atoms with van der Waals surface area (Å²) in [4.78, 5) is 6.58. The zero-order chi connectivity index (χ0) is 25.9. The molecule has 2 N–H and O–H groups in total. The first-order valence-electron chi connectivity index (χ1n) is 11.4. The molecule has 2 aromatic carbocycles. The Hall–Kier alpha value is -3.54. The molecule has 10 nitrogen and oxygen atoms in total. The van der Waals surface area contributed by atoms with Crippen molar-refractivity contribution in [3.8, 4) is 23.0 Å². The lowest BCUT2D eigenvalue weighted by molar-refractivity contribution is 0.0148. The predicted molar refractivity (Wildman–Crippen MR) is 133 cm³/mol. The number of aromatic hydroxyl groups is 2. The number of aromatic nitrogens is 2. The van der Waals surface area contributed by atoms with Crippen LogP contribution in [0.2, 0.25) is 0 Å². The van der Waals surface area contributed by atoms with Gasteiger partial charge in [-0.1, -0.05) is 12.1 Å². The summed E-state index contributed by atoms with van der Waals surface area (Å²) in [6.45, 7) is 2.48. The molecular weight excluding hydrogens is 486 g/mol. The van der Waals surface area contributed by atoms with Crippen LogP contribution in [0, 0.1) is 0 Å². The van der Waals surface area contributed by atoms with Crippen LogP contribution >= 0.6 is 0 Å². The van der Waals surface area contributed by atoms with Gasteiger partial charge in [0.2, 0.25) is 0 Å². The van der Waals surface area contributed by atoms with Crippen molar-refractivity contribution in [3.05, 3.63) is 71.2 Å². The second kappa shape index (κ2) is 10.6. The molecule has 0 radical (unpaired) electrons. The number of nitrogens with zero attached hydrogens (tertiary/aromatic N) is 3. The van der Waals surface area contributed by atoms with Gasteiger partial charge in [-0.3, -0.25) is 4.18 Å². The normalized spacial score (nSPS) is 16.2. The molecule has 0 saturated heterocycles. The van der Waals surface area contributed by atoms with E-state index >= 15 is 0 Å². The SMILES string of the molecule is CCOS(=O)(=O)/C=C/c1ccc2c(c1)OC(C(c1ccc(O)c(O)c1)n1cnc(CCN(C)C)c1)O2. The summed E-state index contributed by atoms with van der Waals surface area (Å²) >= 11 is 0. The van der Waals surface area contributed by atoms with E-state index in [1.165, 1.54) is 18.2 Å².